The Balaban J connectivity index is 0. The van der Waals surface area contributed by atoms with Crippen LogP contribution in [0.15, 0.2) is 20.0 Å². The molecule has 0 aliphatic heterocycles. The average Bonchev–Trinajstić information content (AvgIpc) is 2.71. The van der Waals surface area contributed by atoms with E-state index < -0.39 is 0 Å². The van der Waals surface area contributed by atoms with E-state index in [4.69, 9.17) is 0 Å². The fourth-order valence-electron chi connectivity index (χ4n) is 3.04. The van der Waals surface area contributed by atoms with Gasteiger partial charge in [0.25, 0.3) is 0 Å². The molecule has 0 radical (unpaired) electrons. The standard InChI is InChI=1S/2C11H18N2O2/c1-10(4-5-12-8-14)6-11(2,3)7-13-9-15;14-10-12-8-6-4-2-1-3-5-7-9-13-11-15/h10H,4-7H2,1-3H3;1-9H2. The molecule has 168 valence electrons. The monoisotopic (exact) mass is 420 g/mol. The molecule has 0 fully saturated rings. The Labute approximate surface area is 180 Å². The minimum atomic E-state index is 0.00171. The summed E-state index contributed by atoms with van der Waals surface area (Å²) in [7, 11) is 0. The zero-order valence-electron chi connectivity index (χ0n) is 18.7. The summed E-state index contributed by atoms with van der Waals surface area (Å²) in [5.74, 6) is 0.457. The van der Waals surface area contributed by atoms with Crippen LogP contribution in [0, 0.1) is 11.3 Å². The normalized spacial score (nSPS) is 10.8. The number of aliphatic imine (C=N–C) groups is 4. The van der Waals surface area contributed by atoms with E-state index in [9.17, 15) is 19.2 Å². The molecular weight excluding hydrogens is 384 g/mol. The lowest BCUT2D eigenvalue weighted by Gasteiger charge is -2.25. The minimum Gasteiger partial charge on any atom is -0.211 e. The predicted molar refractivity (Wildman–Crippen MR) is 116 cm³/mol. The summed E-state index contributed by atoms with van der Waals surface area (Å²) < 4.78 is 0. The third kappa shape index (κ3) is 25.5. The smallest absolute Gasteiger partial charge is 0.211 e. The first kappa shape index (κ1) is 29.7. The van der Waals surface area contributed by atoms with Gasteiger partial charge in [0, 0.05) is 0 Å². The maximum atomic E-state index is 10.00. The highest BCUT2D eigenvalue weighted by molar-refractivity contribution is 5.33. The van der Waals surface area contributed by atoms with Crippen LogP contribution in [0.2, 0.25) is 0 Å². The van der Waals surface area contributed by atoms with Crippen molar-refractivity contribution in [2.24, 2.45) is 31.3 Å². The molecule has 8 heteroatoms. The highest BCUT2D eigenvalue weighted by Crippen LogP contribution is 2.27. The minimum absolute atomic E-state index is 0.00171. The van der Waals surface area contributed by atoms with E-state index in [1.807, 2.05) is 0 Å². The number of rotatable bonds is 17. The van der Waals surface area contributed by atoms with Crippen LogP contribution in [-0.2, 0) is 19.2 Å². The van der Waals surface area contributed by atoms with Crippen molar-refractivity contribution in [1.29, 1.82) is 0 Å². The molecule has 0 spiro atoms. The SMILES string of the molecule is CC(CCN=C=O)CC(C)(C)CN=C=O.O=C=NCCCCCCCCCN=C=O. The average molecular weight is 421 g/mol. The Morgan fingerprint density at radius 3 is 1.47 bits per heavy atom. The molecule has 0 aromatic heterocycles. The number of nitrogens with zero attached hydrogens (tertiary/aromatic N) is 4. The van der Waals surface area contributed by atoms with Crippen LogP contribution in [-0.4, -0.2) is 50.5 Å². The van der Waals surface area contributed by atoms with Crippen molar-refractivity contribution in [3.63, 3.8) is 0 Å². The number of hydrogen-bond donors (Lipinski definition) is 0. The van der Waals surface area contributed by atoms with Crippen molar-refractivity contribution in [2.75, 3.05) is 26.2 Å². The second-order valence-corrected chi connectivity index (χ2v) is 8.06. The molecule has 1 atom stereocenters. The molecule has 0 bridgehead atoms. The van der Waals surface area contributed by atoms with Crippen molar-refractivity contribution in [2.45, 2.75) is 78.6 Å². The van der Waals surface area contributed by atoms with Gasteiger partial charge in [-0.05, 0) is 37.0 Å². The number of hydrogen-bond acceptors (Lipinski definition) is 8. The Morgan fingerprint density at radius 2 is 1.03 bits per heavy atom. The van der Waals surface area contributed by atoms with Crippen molar-refractivity contribution in [1.82, 2.24) is 0 Å². The first-order valence-electron chi connectivity index (χ1n) is 10.6. The molecule has 0 aliphatic carbocycles. The van der Waals surface area contributed by atoms with E-state index in [-0.39, 0.29) is 5.41 Å². The second kappa shape index (κ2) is 22.8. The van der Waals surface area contributed by atoms with Crippen molar-refractivity contribution in [3.8, 4) is 0 Å². The van der Waals surface area contributed by atoms with Crippen LogP contribution in [0.25, 0.3) is 0 Å². The molecule has 0 saturated heterocycles. The lowest BCUT2D eigenvalue weighted by atomic mass is 9.82. The lowest BCUT2D eigenvalue weighted by Crippen LogP contribution is -2.19. The molecule has 0 aliphatic rings. The van der Waals surface area contributed by atoms with Crippen molar-refractivity contribution < 1.29 is 19.2 Å². The van der Waals surface area contributed by atoms with E-state index in [2.05, 4.69) is 40.7 Å². The maximum Gasteiger partial charge on any atom is 0.234 e. The third-order valence-corrected chi connectivity index (χ3v) is 4.44. The van der Waals surface area contributed by atoms with Gasteiger partial charge in [-0.1, -0.05) is 52.9 Å². The van der Waals surface area contributed by atoms with Crippen LogP contribution in [0.4, 0.5) is 0 Å². The Hall–Kier alpha value is -2.48. The van der Waals surface area contributed by atoms with Crippen LogP contribution in [0.1, 0.15) is 78.6 Å². The molecule has 0 rings (SSSR count). The van der Waals surface area contributed by atoms with Crippen molar-refractivity contribution in [3.05, 3.63) is 0 Å². The third-order valence-electron chi connectivity index (χ3n) is 4.44. The lowest BCUT2D eigenvalue weighted by molar-refractivity contribution is 0.280. The number of isocyanates is 4. The fraction of sp³-hybridized carbons (Fsp3) is 0.818. The Kier molecular flexibility index (Phi) is 22.6. The van der Waals surface area contributed by atoms with Gasteiger partial charge in [0.05, 0.1) is 26.2 Å². The molecule has 0 aromatic carbocycles. The summed E-state index contributed by atoms with van der Waals surface area (Å²) in [5, 5.41) is 0. The van der Waals surface area contributed by atoms with Gasteiger partial charge < -0.3 is 0 Å². The van der Waals surface area contributed by atoms with E-state index in [1.54, 1.807) is 6.08 Å². The summed E-state index contributed by atoms with van der Waals surface area (Å²) in [6, 6.07) is 0. The van der Waals surface area contributed by atoms with Gasteiger partial charge in [-0.25, -0.2) is 39.1 Å². The van der Waals surface area contributed by atoms with Gasteiger partial charge in [-0.3, -0.25) is 0 Å². The fourth-order valence-corrected chi connectivity index (χ4v) is 3.04. The largest absolute Gasteiger partial charge is 0.234 e. The highest BCUT2D eigenvalue weighted by Gasteiger charge is 2.20. The molecule has 0 heterocycles. The zero-order chi connectivity index (χ0) is 22.9. The van der Waals surface area contributed by atoms with E-state index in [0.717, 1.165) is 38.5 Å². The second-order valence-electron chi connectivity index (χ2n) is 8.06. The molecule has 0 N–H and O–H groups in total. The summed E-state index contributed by atoms with van der Waals surface area (Å²) in [6.07, 6.45) is 15.7. The molecular formula is C22H36N4O4. The summed E-state index contributed by atoms with van der Waals surface area (Å²) >= 11 is 0. The van der Waals surface area contributed by atoms with Gasteiger partial charge in [-0.15, -0.1) is 0 Å². The predicted octanol–water partition coefficient (Wildman–Crippen LogP) is 4.49. The van der Waals surface area contributed by atoms with Gasteiger partial charge in [0.15, 0.2) is 0 Å². The van der Waals surface area contributed by atoms with Crippen LogP contribution in [0.5, 0.6) is 0 Å². The molecule has 0 saturated carbocycles. The van der Waals surface area contributed by atoms with Gasteiger partial charge in [0.2, 0.25) is 24.3 Å². The summed E-state index contributed by atoms with van der Waals surface area (Å²) in [5.41, 5.74) is 0.00171. The number of carbonyl (C=O) groups excluding carboxylic acids is 4. The van der Waals surface area contributed by atoms with Crippen LogP contribution < -0.4 is 0 Å². The topological polar surface area (TPSA) is 118 Å². The zero-order valence-corrected chi connectivity index (χ0v) is 18.7. The molecule has 30 heavy (non-hydrogen) atoms. The molecule has 0 aromatic rings. The Morgan fingerprint density at radius 1 is 0.633 bits per heavy atom. The Bertz CT molecular complexity index is 587. The molecule has 1 unspecified atom stereocenters. The van der Waals surface area contributed by atoms with Gasteiger partial charge in [0.1, 0.15) is 0 Å². The van der Waals surface area contributed by atoms with Gasteiger partial charge in [-0.2, -0.15) is 0 Å². The summed E-state index contributed by atoms with van der Waals surface area (Å²) in [6.45, 7) is 8.47. The van der Waals surface area contributed by atoms with E-state index in [1.165, 1.54) is 37.5 Å². The van der Waals surface area contributed by atoms with Crippen molar-refractivity contribution >= 4 is 24.3 Å². The summed E-state index contributed by atoms with van der Waals surface area (Å²) in [4.78, 5) is 53.4. The first-order chi connectivity index (χ1) is 14.4. The number of unbranched alkanes of at least 4 members (excludes halogenated alkanes) is 6. The molecule has 8 nitrogen and oxygen atoms in total. The van der Waals surface area contributed by atoms with Crippen LogP contribution >= 0.6 is 0 Å². The van der Waals surface area contributed by atoms with E-state index in [0.29, 0.717) is 32.1 Å². The van der Waals surface area contributed by atoms with Gasteiger partial charge >= 0.3 is 0 Å². The van der Waals surface area contributed by atoms with Crippen LogP contribution in [0.3, 0.4) is 0 Å². The van der Waals surface area contributed by atoms with E-state index >= 15 is 0 Å². The maximum absolute atomic E-state index is 10.00. The molecule has 0 amide bonds. The quantitative estimate of drug-likeness (QED) is 0.196. The highest BCUT2D eigenvalue weighted by atomic mass is 16.1. The first-order valence-corrected chi connectivity index (χ1v) is 10.6.